The summed E-state index contributed by atoms with van der Waals surface area (Å²) in [5.74, 6) is 1.23. The first-order chi connectivity index (χ1) is 8.79. The number of aromatic nitrogens is 4. The predicted octanol–water partition coefficient (Wildman–Crippen LogP) is 2.98. The molecule has 0 aliphatic heterocycles. The van der Waals surface area contributed by atoms with E-state index in [0.29, 0.717) is 5.88 Å². The van der Waals surface area contributed by atoms with E-state index in [1.54, 1.807) is 17.5 Å². The average Bonchev–Trinajstić information content (AvgIpc) is 2.99. The van der Waals surface area contributed by atoms with Gasteiger partial charge in [-0.2, -0.15) is 0 Å². The van der Waals surface area contributed by atoms with Crippen molar-refractivity contribution >= 4 is 34.1 Å². The van der Waals surface area contributed by atoms with Gasteiger partial charge in [-0.05, 0) is 18.6 Å². The van der Waals surface area contributed by atoms with Crippen LogP contribution in [-0.2, 0) is 12.4 Å². The Balaban J connectivity index is 2.17. The van der Waals surface area contributed by atoms with Crippen molar-refractivity contribution in [3.63, 3.8) is 0 Å². The van der Waals surface area contributed by atoms with Crippen LogP contribution in [0.1, 0.15) is 16.3 Å². The second-order valence-corrected chi connectivity index (χ2v) is 5.25. The van der Waals surface area contributed by atoms with Crippen LogP contribution in [0.4, 0.5) is 0 Å². The van der Waals surface area contributed by atoms with Crippen molar-refractivity contribution in [3.8, 4) is 0 Å². The van der Waals surface area contributed by atoms with Crippen LogP contribution in [0.15, 0.2) is 24.0 Å². The third-order valence-electron chi connectivity index (χ3n) is 2.83. The first-order valence-corrected chi connectivity index (χ1v) is 6.95. The van der Waals surface area contributed by atoms with Crippen molar-refractivity contribution in [3.05, 3.63) is 40.2 Å². The van der Waals surface area contributed by atoms with Crippen LogP contribution in [-0.4, -0.2) is 19.5 Å². The molecule has 0 saturated heterocycles. The zero-order chi connectivity index (χ0) is 12.5. The summed E-state index contributed by atoms with van der Waals surface area (Å²) in [6.45, 7) is 2.76. The SMILES string of the molecule is Cc1ccnc2c1nc(CCl)n2Cc1cncs1. The fourth-order valence-corrected chi connectivity index (χ4v) is 2.71. The van der Waals surface area contributed by atoms with Crippen molar-refractivity contribution in [2.24, 2.45) is 0 Å². The first kappa shape index (κ1) is 11.6. The van der Waals surface area contributed by atoms with Crippen LogP contribution < -0.4 is 0 Å². The molecule has 0 bridgehead atoms. The molecule has 0 aromatic carbocycles. The summed E-state index contributed by atoms with van der Waals surface area (Å²) in [6.07, 6.45) is 3.67. The number of fused-ring (bicyclic) bond motifs is 1. The summed E-state index contributed by atoms with van der Waals surface area (Å²) in [5.41, 5.74) is 4.76. The zero-order valence-electron chi connectivity index (χ0n) is 9.80. The van der Waals surface area contributed by atoms with E-state index in [-0.39, 0.29) is 0 Å². The van der Waals surface area contributed by atoms with Crippen LogP contribution >= 0.6 is 22.9 Å². The second kappa shape index (κ2) is 4.66. The molecular formula is C12H11ClN4S. The van der Waals surface area contributed by atoms with Crippen molar-refractivity contribution in [1.82, 2.24) is 19.5 Å². The van der Waals surface area contributed by atoms with Crippen LogP contribution in [0.5, 0.6) is 0 Å². The van der Waals surface area contributed by atoms with Gasteiger partial charge in [0.1, 0.15) is 11.3 Å². The number of imidazole rings is 1. The molecule has 3 aromatic rings. The normalized spacial score (nSPS) is 11.2. The lowest BCUT2D eigenvalue weighted by molar-refractivity contribution is 0.779. The lowest BCUT2D eigenvalue weighted by Gasteiger charge is -2.04. The van der Waals surface area contributed by atoms with E-state index in [0.717, 1.165) is 29.1 Å². The number of nitrogens with zero attached hydrogens (tertiary/aromatic N) is 4. The summed E-state index contributed by atoms with van der Waals surface area (Å²) in [5, 5.41) is 0. The largest absolute Gasteiger partial charge is 0.306 e. The van der Waals surface area contributed by atoms with Crippen LogP contribution in [0, 0.1) is 6.92 Å². The van der Waals surface area contributed by atoms with Gasteiger partial charge in [-0.25, -0.2) is 9.97 Å². The molecule has 3 rings (SSSR count). The van der Waals surface area contributed by atoms with Crippen molar-refractivity contribution in [1.29, 1.82) is 0 Å². The van der Waals surface area contributed by atoms with Gasteiger partial charge in [-0.15, -0.1) is 22.9 Å². The van der Waals surface area contributed by atoms with E-state index in [9.17, 15) is 0 Å². The summed E-state index contributed by atoms with van der Waals surface area (Å²) < 4.78 is 2.06. The standard InChI is InChI=1S/C12H11ClN4S/c1-8-2-3-15-12-11(8)16-10(4-13)17(12)6-9-5-14-7-18-9/h2-3,5,7H,4,6H2,1H3. The Morgan fingerprint density at radius 2 is 2.33 bits per heavy atom. The van der Waals surface area contributed by atoms with Crippen LogP contribution in [0.25, 0.3) is 11.2 Å². The van der Waals surface area contributed by atoms with Gasteiger partial charge in [0.15, 0.2) is 5.65 Å². The number of halogens is 1. The zero-order valence-corrected chi connectivity index (χ0v) is 11.4. The highest BCUT2D eigenvalue weighted by Gasteiger charge is 2.13. The summed E-state index contributed by atoms with van der Waals surface area (Å²) in [4.78, 5) is 14.2. The lowest BCUT2D eigenvalue weighted by Crippen LogP contribution is -2.03. The second-order valence-electron chi connectivity index (χ2n) is 4.02. The average molecular weight is 279 g/mol. The number of pyridine rings is 1. The van der Waals surface area contributed by atoms with Gasteiger partial charge in [0.2, 0.25) is 0 Å². The molecule has 0 amide bonds. The monoisotopic (exact) mass is 278 g/mol. The maximum Gasteiger partial charge on any atom is 0.160 e. The topological polar surface area (TPSA) is 43.6 Å². The maximum absolute atomic E-state index is 5.97. The third-order valence-corrected chi connectivity index (χ3v) is 3.84. The molecule has 0 radical (unpaired) electrons. The van der Waals surface area contributed by atoms with Gasteiger partial charge in [-0.1, -0.05) is 0 Å². The molecule has 4 nitrogen and oxygen atoms in total. The minimum Gasteiger partial charge on any atom is -0.306 e. The molecule has 6 heteroatoms. The summed E-state index contributed by atoms with van der Waals surface area (Å²) in [7, 11) is 0. The van der Waals surface area contributed by atoms with Gasteiger partial charge in [0.25, 0.3) is 0 Å². The highest BCUT2D eigenvalue weighted by atomic mass is 35.5. The van der Waals surface area contributed by atoms with E-state index in [2.05, 4.69) is 19.5 Å². The van der Waals surface area contributed by atoms with Gasteiger partial charge >= 0.3 is 0 Å². The predicted molar refractivity (Wildman–Crippen MR) is 73.0 cm³/mol. The Morgan fingerprint density at radius 1 is 1.44 bits per heavy atom. The van der Waals surface area contributed by atoms with E-state index in [4.69, 9.17) is 11.6 Å². The number of aryl methyl sites for hydroxylation is 1. The molecule has 0 atom stereocenters. The smallest absolute Gasteiger partial charge is 0.160 e. The quantitative estimate of drug-likeness (QED) is 0.692. The maximum atomic E-state index is 5.97. The number of hydrogen-bond acceptors (Lipinski definition) is 4. The Hall–Kier alpha value is -1.46. The van der Waals surface area contributed by atoms with Gasteiger partial charge in [0.05, 0.1) is 17.9 Å². The van der Waals surface area contributed by atoms with Crippen molar-refractivity contribution < 1.29 is 0 Å². The Kier molecular flexibility index (Phi) is 3.01. The third kappa shape index (κ3) is 1.89. The van der Waals surface area contributed by atoms with Gasteiger partial charge in [0, 0.05) is 17.3 Å². The van der Waals surface area contributed by atoms with Crippen LogP contribution in [0.2, 0.25) is 0 Å². The van der Waals surface area contributed by atoms with E-state index >= 15 is 0 Å². The number of thiazole rings is 1. The molecular weight excluding hydrogens is 268 g/mol. The first-order valence-electron chi connectivity index (χ1n) is 5.53. The van der Waals surface area contributed by atoms with E-state index < -0.39 is 0 Å². The van der Waals surface area contributed by atoms with Crippen molar-refractivity contribution in [2.75, 3.05) is 0 Å². The lowest BCUT2D eigenvalue weighted by atomic mass is 10.3. The van der Waals surface area contributed by atoms with E-state index in [1.165, 1.54) is 4.88 Å². The molecule has 3 heterocycles. The van der Waals surface area contributed by atoms with E-state index in [1.807, 2.05) is 24.7 Å². The summed E-state index contributed by atoms with van der Waals surface area (Å²) in [6, 6.07) is 1.96. The van der Waals surface area contributed by atoms with Gasteiger partial charge in [-0.3, -0.25) is 4.98 Å². The Labute approximate surface area is 113 Å². The minimum absolute atomic E-state index is 0.384. The molecule has 0 fully saturated rings. The molecule has 0 aliphatic carbocycles. The number of hydrogen-bond donors (Lipinski definition) is 0. The highest BCUT2D eigenvalue weighted by Crippen LogP contribution is 2.20. The molecule has 92 valence electrons. The number of alkyl halides is 1. The molecule has 0 saturated carbocycles. The Bertz CT molecular complexity index is 675. The fourth-order valence-electron chi connectivity index (χ4n) is 1.93. The highest BCUT2D eigenvalue weighted by molar-refractivity contribution is 7.09. The van der Waals surface area contributed by atoms with Crippen molar-refractivity contribution in [2.45, 2.75) is 19.3 Å². The Morgan fingerprint density at radius 3 is 3.06 bits per heavy atom. The molecule has 18 heavy (non-hydrogen) atoms. The fraction of sp³-hybridized carbons (Fsp3) is 0.250. The number of rotatable bonds is 3. The molecule has 0 N–H and O–H groups in total. The molecule has 0 aliphatic rings. The van der Waals surface area contributed by atoms with Crippen LogP contribution in [0.3, 0.4) is 0 Å². The molecule has 0 unspecified atom stereocenters. The molecule has 0 spiro atoms. The minimum atomic E-state index is 0.384. The summed E-state index contributed by atoms with van der Waals surface area (Å²) >= 11 is 7.60. The van der Waals surface area contributed by atoms with Gasteiger partial charge < -0.3 is 4.57 Å². The molecule has 3 aromatic heterocycles.